The molecular formula is C19H32N4O8. The molecule has 0 fully saturated rings. The first-order valence-corrected chi connectivity index (χ1v) is 10.0. The Kier molecular flexibility index (Phi) is 9.72. The third-order valence-corrected chi connectivity index (χ3v) is 4.28. The number of rotatable bonds is 7. The van der Waals surface area contributed by atoms with Crippen LogP contribution >= 0.6 is 0 Å². The van der Waals surface area contributed by atoms with Crippen LogP contribution in [0.25, 0.3) is 0 Å². The first-order valence-electron chi connectivity index (χ1n) is 10.0. The van der Waals surface area contributed by atoms with Gasteiger partial charge in [0.25, 0.3) is 0 Å². The normalized spacial score (nSPS) is 21.7. The highest BCUT2D eigenvalue weighted by atomic mass is 16.6. The number of nitrogens with zero attached hydrogens (tertiary/aromatic N) is 1. The molecule has 0 heterocycles. The molecule has 6 N–H and O–H groups in total. The number of ether oxygens (including phenoxy) is 2. The number of amides is 4. The quantitative estimate of drug-likeness (QED) is 0.331. The maximum Gasteiger partial charge on any atom is 0.429 e. The molecule has 1 aliphatic carbocycles. The predicted octanol–water partition coefficient (Wildman–Crippen LogP) is -0.316. The van der Waals surface area contributed by atoms with Crippen molar-refractivity contribution in [3.63, 3.8) is 0 Å². The van der Waals surface area contributed by atoms with Crippen molar-refractivity contribution in [3.8, 4) is 0 Å². The minimum Gasteiger partial charge on any atom is -0.446 e. The van der Waals surface area contributed by atoms with Gasteiger partial charge in [-0.1, -0.05) is 6.92 Å². The van der Waals surface area contributed by atoms with Crippen LogP contribution in [0.4, 0.5) is 9.59 Å². The van der Waals surface area contributed by atoms with Crippen molar-refractivity contribution in [3.05, 3.63) is 11.6 Å². The summed E-state index contributed by atoms with van der Waals surface area (Å²) in [4.78, 5) is 48.6. The lowest BCUT2D eigenvalue weighted by Crippen LogP contribution is -2.60. The van der Waals surface area contributed by atoms with Crippen LogP contribution in [0.1, 0.15) is 47.5 Å². The second-order valence-electron chi connectivity index (χ2n) is 7.65. The summed E-state index contributed by atoms with van der Waals surface area (Å²) >= 11 is 0. The number of nitrogens with one attached hydrogen (secondary N) is 2. The minimum absolute atomic E-state index is 0.0103. The van der Waals surface area contributed by atoms with E-state index in [1.54, 1.807) is 34.6 Å². The van der Waals surface area contributed by atoms with E-state index in [2.05, 4.69) is 10.7 Å². The number of aliphatic hydroxyl groups excluding tert-OH is 2. The molecule has 0 aliphatic heterocycles. The molecule has 176 valence electrons. The van der Waals surface area contributed by atoms with E-state index in [1.165, 1.54) is 6.08 Å². The van der Waals surface area contributed by atoms with E-state index in [4.69, 9.17) is 15.2 Å². The average molecular weight is 444 g/mol. The van der Waals surface area contributed by atoms with Crippen LogP contribution in [0.3, 0.4) is 0 Å². The lowest BCUT2D eigenvalue weighted by molar-refractivity contribution is -0.126. The maximum atomic E-state index is 12.6. The standard InChI is InChI=1S/C19H32N4O8/c1-6-12(16(20)26)21-17(27)11-7-13(15(25)14(24)8-11)23(19(29)31-10(4)5)22-18(28)30-9(2)3/h7,9-10,12-15,24-25H,6,8H2,1-5H3,(H2,20,26)(H,21,27)(H,22,28). The summed E-state index contributed by atoms with van der Waals surface area (Å²) in [7, 11) is 0. The molecule has 0 spiro atoms. The Labute approximate surface area is 180 Å². The number of carbonyl (C=O) groups is 4. The van der Waals surface area contributed by atoms with Crippen LogP contribution in [0.2, 0.25) is 0 Å². The molecule has 0 radical (unpaired) electrons. The summed E-state index contributed by atoms with van der Waals surface area (Å²) in [5, 5.41) is 23.8. The molecule has 31 heavy (non-hydrogen) atoms. The zero-order valence-electron chi connectivity index (χ0n) is 18.3. The Morgan fingerprint density at radius 2 is 1.74 bits per heavy atom. The van der Waals surface area contributed by atoms with Gasteiger partial charge in [0.2, 0.25) is 11.8 Å². The Hall–Kier alpha value is -2.86. The third kappa shape index (κ3) is 7.72. The maximum absolute atomic E-state index is 12.6. The molecule has 0 aromatic rings. The van der Waals surface area contributed by atoms with Crippen LogP contribution in [-0.2, 0) is 19.1 Å². The highest BCUT2D eigenvalue weighted by molar-refractivity contribution is 5.97. The molecular weight excluding hydrogens is 412 g/mol. The lowest BCUT2D eigenvalue weighted by Gasteiger charge is -2.37. The van der Waals surface area contributed by atoms with Crippen molar-refractivity contribution in [1.82, 2.24) is 15.8 Å². The van der Waals surface area contributed by atoms with Crippen molar-refractivity contribution < 1.29 is 38.9 Å². The Morgan fingerprint density at radius 3 is 2.23 bits per heavy atom. The second kappa shape index (κ2) is 11.5. The average Bonchev–Trinajstić information content (AvgIpc) is 2.64. The van der Waals surface area contributed by atoms with Crippen LogP contribution in [-0.4, -0.2) is 75.7 Å². The number of carbonyl (C=O) groups excluding carboxylic acids is 4. The van der Waals surface area contributed by atoms with Crippen molar-refractivity contribution in [2.24, 2.45) is 5.73 Å². The lowest BCUT2D eigenvalue weighted by atomic mass is 9.89. The van der Waals surface area contributed by atoms with E-state index >= 15 is 0 Å². The minimum atomic E-state index is -1.55. The fourth-order valence-corrected chi connectivity index (χ4v) is 2.81. The van der Waals surface area contributed by atoms with Gasteiger partial charge < -0.3 is 30.7 Å². The fourth-order valence-electron chi connectivity index (χ4n) is 2.81. The van der Waals surface area contributed by atoms with E-state index in [-0.39, 0.29) is 18.4 Å². The van der Waals surface area contributed by atoms with Crippen LogP contribution < -0.4 is 16.5 Å². The number of aliphatic hydroxyl groups is 2. The summed E-state index contributed by atoms with van der Waals surface area (Å²) in [6, 6.07) is -2.29. The van der Waals surface area contributed by atoms with Gasteiger partial charge in [-0.25, -0.2) is 20.0 Å². The molecule has 0 bridgehead atoms. The molecule has 12 heteroatoms. The molecule has 0 saturated heterocycles. The first kappa shape index (κ1) is 26.2. The summed E-state index contributed by atoms with van der Waals surface area (Å²) in [6.45, 7) is 8.01. The highest BCUT2D eigenvalue weighted by Gasteiger charge is 2.40. The molecule has 1 aliphatic rings. The summed E-state index contributed by atoms with van der Waals surface area (Å²) in [5.41, 5.74) is 7.41. The number of hydrazine groups is 1. The first-order chi connectivity index (χ1) is 14.4. The van der Waals surface area contributed by atoms with E-state index in [1.807, 2.05) is 0 Å². The van der Waals surface area contributed by atoms with Gasteiger partial charge in [0.05, 0.1) is 18.3 Å². The van der Waals surface area contributed by atoms with E-state index < -0.39 is 60.5 Å². The van der Waals surface area contributed by atoms with Crippen LogP contribution in [0.5, 0.6) is 0 Å². The van der Waals surface area contributed by atoms with Crippen molar-refractivity contribution in [1.29, 1.82) is 0 Å². The van der Waals surface area contributed by atoms with Gasteiger partial charge in [0.15, 0.2) is 0 Å². The molecule has 12 nitrogen and oxygen atoms in total. The van der Waals surface area contributed by atoms with Gasteiger partial charge in [-0.2, -0.15) is 0 Å². The van der Waals surface area contributed by atoms with E-state index in [0.29, 0.717) is 5.01 Å². The summed E-state index contributed by atoms with van der Waals surface area (Å²) in [5.74, 6) is -1.44. The second-order valence-corrected chi connectivity index (χ2v) is 7.65. The molecule has 4 amide bonds. The summed E-state index contributed by atoms with van der Waals surface area (Å²) in [6.07, 6.45) is -4.87. The van der Waals surface area contributed by atoms with Gasteiger partial charge in [-0.05, 0) is 40.2 Å². The van der Waals surface area contributed by atoms with Gasteiger partial charge in [-0.3, -0.25) is 9.59 Å². The SMILES string of the molecule is CCC(NC(=O)C1=CC(N(NC(=O)OC(C)C)C(=O)OC(C)C)C(O)C(O)C1)C(N)=O. The van der Waals surface area contributed by atoms with Gasteiger partial charge in [0.1, 0.15) is 18.2 Å². The largest absolute Gasteiger partial charge is 0.446 e. The number of primary amides is 1. The highest BCUT2D eigenvalue weighted by Crippen LogP contribution is 2.24. The van der Waals surface area contributed by atoms with Crippen molar-refractivity contribution in [2.45, 2.75) is 84.0 Å². The zero-order valence-corrected chi connectivity index (χ0v) is 18.3. The molecule has 0 saturated carbocycles. The molecule has 1 rings (SSSR count). The van der Waals surface area contributed by atoms with Gasteiger partial charge >= 0.3 is 12.2 Å². The molecule has 0 aromatic carbocycles. The Bertz CT molecular complexity index is 709. The Morgan fingerprint density at radius 1 is 1.16 bits per heavy atom. The van der Waals surface area contributed by atoms with Gasteiger partial charge in [0, 0.05) is 12.0 Å². The summed E-state index contributed by atoms with van der Waals surface area (Å²) < 4.78 is 10.1. The van der Waals surface area contributed by atoms with Crippen LogP contribution in [0.15, 0.2) is 11.6 Å². The third-order valence-electron chi connectivity index (χ3n) is 4.28. The number of hydrogen-bond donors (Lipinski definition) is 5. The fraction of sp³-hybridized carbons (Fsp3) is 0.684. The zero-order chi connectivity index (χ0) is 23.9. The van der Waals surface area contributed by atoms with Crippen molar-refractivity contribution >= 4 is 24.0 Å². The number of nitrogens with two attached hydrogens (primary N) is 1. The van der Waals surface area contributed by atoms with E-state index in [9.17, 15) is 29.4 Å². The molecule has 4 atom stereocenters. The number of hydrogen-bond acceptors (Lipinski definition) is 8. The predicted molar refractivity (Wildman–Crippen MR) is 108 cm³/mol. The molecule has 4 unspecified atom stereocenters. The smallest absolute Gasteiger partial charge is 0.429 e. The monoisotopic (exact) mass is 444 g/mol. The van der Waals surface area contributed by atoms with E-state index in [0.717, 1.165) is 0 Å². The Balaban J connectivity index is 3.23. The van der Waals surface area contributed by atoms with Crippen LogP contribution in [0, 0.1) is 0 Å². The van der Waals surface area contributed by atoms with Crippen molar-refractivity contribution in [2.75, 3.05) is 0 Å². The van der Waals surface area contributed by atoms with Gasteiger partial charge in [-0.15, -0.1) is 0 Å². The molecule has 0 aromatic heterocycles. The topological polar surface area (TPSA) is 181 Å².